The highest BCUT2D eigenvalue weighted by molar-refractivity contribution is 6.04. The molecule has 0 heterocycles. The predicted octanol–water partition coefficient (Wildman–Crippen LogP) is 1.80. The maximum atomic E-state index is 10.6. The number of carbonyl (C=O) groups excluding carboxylic acids is 1. The third-order valence-electron chi connectivity index (χ3n) is 1.65. The zero-order valence-electron chi connectivity index (χ0n) is 7.73. The zero-order valence-corrected chi connectivity index (χ0v) is 7.73. The number of benzene rings is 1. The van der Waals surface area contributed by atoms with Crippen molar-refractivity contribution in [2.24, 2.45) is 0 Å². The van der Waals surface area contributed by atoms with Crippen molar-refractivity contribution in [1.29, 1.82) is 5.26 Å². The van der Waals surface area contributed by atoms with E-state index in [1.54, 1.807) is 37.5 Å². The number of ketones is 1. The summed E-state index contributed by atoms with van der Waals surface area (Å²) in [6.07, 6.45) is 2.83. The van der Waals surface area contributed by atoms with Gasteiger partial charge in [-0.3, -0.25) is 4.79 Å². The van der Waals surface area contributed by atoms with E-state index in [2.05, 4.69) is 0 Å². The van der Waals surface area contributed by atoms with Gasteiger partial charge in [-0.15, -0.1) is 0 Å². The second-order valence-corrected chi connectivity index (χ2v) is 2.58. The van der Waals surface area contributed by atoms with Crippen LogP contribution in [0, 0.1) is 11.3 Å². The number of nitrogens with zero attached hydrogens (tertiary/aromatic N) is 1. The molecule has 0 N–H and O–H groups in total. The van der Waals surface area contributed by atoms with Crippen molar-refractivity contribution < 1.29 is 9.53 Å². The number of methoxy groups -OCH3 is 1. The van der Waals surface area contributed by atoms with Gasteiger partial charge in [0.15, 0.2) is 0 Å². The molecule has 0 saturated carbocycles. The summed E-state index contributed by atoms with van der Waals surface area (Å²) in [7, 11) is 1.59. The normalized spacial score (nSPS) is 9.71. The summed E-state index contributed by atoms with van der Waals surface area (Å²) in [5, 5.41) is 8.22. The molecule has 3 nitrogen and oxygen atoms in total. The third kappa shape index (κ3) is 2.76. The second kappa shape index (κ2) is 4.83. The summed E-state index contributed by atoms with van der Waals surface area (Å²) in [5.74, 6) is 0.203. The fraction of sp³-hybridized carbons (Fsp3) is 0.0909. The first kappa shape index (κ1) is 10.0. The largest absolute Gasteiger partial charge is 0.497 e. The Morgan fingerprint density at radius 1 is 1.43 bits per heavy atom. The molecule has 0 atom stereocenters. The van der Waals surface area contributed by atoms with Crippen LogP contribution in [0.5, 0.6) is 5.75 Å². The topological polar surface area (TPSA) is 50.1 Å². The summed E-state index contributed by atoms with van der Waals surface area (Å²) in [5.41, 5.74) is 0.856. The van der Waals surface area contributed by atoms with Gasteiger partial charge in [0.05, 0.1) is 7.11 Å². The van der Waals surface area contributed by atoms with Crippen LogP contribution in [0.3, 0.4) is 0 Å². The van der Waals surface area contributed by atoms with E-state index in [1.807, 2.05) is 0 Å². The van der Waals surface area contributed by atoms with Crippen molar-refractivity contribution in [2.45, 2.75) is 0 Å². The highest BCUT2D eigenvalue weighted by Crippen LogP contribution is 2.12. The molecule has 0 fully saturated rings. The van der Waals surface area contributed by atoms with Crippen molar-refractivity contribution in [1.82, 2.24) is 0 Å². The van der Waals surface area contributed by atoms with Gasteiger partial charge in [0, 0.05) is 0 Å². The summed E-state index contributed by atoms with van der Waals surface area (Å²) in [4.78, 5) is 10.6. The van der Waals surface area contributed by atoms with Crippen molar-refractivity contribution in [2.75, 3.05) is 7.11 Å². The lowest BCUT2D eigenvalue weighted by Crippen LogP contribution is -1.84. The SMILES string of the molecule is COc1ccc(/C=C/C(=O)C#N)cc1. The van der Waals surface area contributed by atoms with E-state index in [0.717, 1.165) is 11.3 Å². The van der Waals surface area contributed by atoms with Crippen LogP contribution >= 0.6 is 0 Å². The van der Waals surface area contributed by atoms with Crippen LogP contribution < -0.4 is 4.74 Å². The van der Waals surface area contributed by atoms with Gasteiger partial charge in [-0.25, -0.2) is 0 Å². The Morgan fingerprint density at radius 3 is 2.57 bits per heavy atom. The van der Waals surface area contributed by atoms with Gasteiger partial charge in [-0.2, -0.15) is 5.26 Å². The molecule has 1 rings (SSSR count). The maximum Gasteiger partial charge on any atom is 0.255 e. The smallest absolute Gasteiger partial charge is 0.255 e. The van der Waals surface area contributed by atoms with Crippen LogP contribution in [0.15, 0.2) is 30.3 Å². The molecule has 14 heavy (non-hydrogen) atoms. The molecule has 0 amide bonds. The number of hydrogen-bond donors (Lipinski definition) is 0. The molecule has 0 saturated heterocycles. The number of rotatable bonds is 3. The Balaban J connectivity index is 2.74. The van der Waals surface area contributed by atoms with E-state index in [1.165, 1.54) is 12.1 Å². The summed E-state index contributed by atoms with van der Waals surface area (Å²) >= 11 is 0. The van der Waals surface area contributed by atoms with Crippen LogP contribution in [0.4, 0.5) is 0 Å². The molecule has 0 spiro atoms. The highest BCUT2D eigenvalue weighted by Gasteiger charge is 1.92. The van der Waals surface area contributed by atoms with Crippen molar-refractivity contribution >= 4 is 11.9 Å². The van der Waals surface area contributed by atoms with Crippen LogP contribution in [-0.4, -0.2) is 12.9 Å². The van der Waals surface area contributed by atoms with Crippen molar-refractivity contribution in [3.05, 3.63) is 35.9 Å². The molecule has 0 aliphatic rings. The number of hydrogen-bond acceptors (Lipinski definition) is 3. The standard InChI is InChI=1S/C11H9NO2/c1-14-11-6-3-9(4-7-11)2-5-10(13)8-12/h2-7H,1H3/b5-2+. The minimum Gasteiger partial charge on any atom is -0.497 e. The van der Waals surface area contributed by atoms with Gasteiger partial charge in [0.2, 0.25) is 0 Å². The molecule has 0 aliphatic carbocycles. The van der Waals surface area contributed by atoms with Crippen LogP contribution in [0.2, 0.25) is 0 Å². The maximum absolute atomic E-state index is 10.6. The van der Waals surface area contributed by atoms with E-state index >= 15 is 0 Å². The molecular weight excluding hydrogens is 178 g/mol. The Hall–Kier alpha value is -2.08. The molecule has 0 radical (unpaired) electrons. The third-order valence-corrected chi connectivity index (χ3v) is 1.65. The highest BCUT2D eigenvalue weighted by atomic mass is 16.5. The Kier molecular flexibility index (Phi) is 3.45. The molecular formula is C11H9NO2. The number of nitriles is 1. The van der Waals surface area contributed by atoms with E-state index < -0.39 is 5.78 Å². The molecule has 0 aromatic heterocycles. The van der Waals surface area contributed by atoms with Crippen LogP contribution in [-0.2, 0) is 4.79 Å². The predicted molar refractivity (Wildman–Crippen MR) is 52.6 cm³/mol. The number of allylic oxidation sites excluding steroid dienone is 1. The minimum atomic E-state index is -0.555. The first-order valence-corrected chi connectivity index (χ1v) is 4.02. The Morgan fingerprint density at radius 2 is 2.07 bits per heavy atom. The first-order chi connectivity index (χ1) is 6.76. The summed E-state index contributed by atoms with van der Waals surface area (Å²) in [6, 6.07) is 8.69. The molecule has 3 heteroatoms. The van der Waals surface area contributed by atoms with Gasteiger partial charge in [-0.1, -0.05) is 18.2 Å². The van der Waals surface area contributed by atoms with Crippen molar-refractivity contribution in [3.63, 3.8) is 0 Å². The van der Waals surface area contributed by atoms with E-state index in [-0.39, 0.29) is 0 Å². The lowest BCUT2D eigenvalue weighted by Gasteiger charge is -1.98. The lowest BCUT2D eigenvalue weighted by atomic mass is 10.2. The average Bonchev–Trinajstić information content (AvgIpc) is 2.26. The minimum absolute atomic E-state index is 0.555. The van der Waals surface area contributed by atoms with Gasteiger partial charge in [0.1, 0.15) is 11.8 Å². The van der Waals surface area contributed by atoms with E-state index in [0.29, 0.717) is 0 Å². The summed E-state index contributed by atoms with van der Waals surface area (Å²) in [6.45, 7) is 0. The van der Waals surface area contributed by atoms with Gasteiger partial charge in [0.25, 0.3) is 5.78 Å². The lowest BCUT2D eigenvalue weighted by molar-refractivity contribution is -0.109. The van der Waals surface area contributed by atoms with Crippen LogP contribution in [0.1, 0.15) is 5.56 Å². The molecule has 70 valence electrons. The zero-order chi connectivity index (χ0) is 10.4. The first-order valence-electron chi connectivity index (χ1n) is 4.02. The monoisotopic (exact) mass is 187 g/mol. The van der Waals surface area contributed by atoms with Gasteiger partial charge >= 0.3 is 0 Å². The van der Waals surface area contributed by atoms with Crippen molar-refractivity contribution in [3.8, 4) is 11.8 Å². The number of ether oxygens (including phenoxy) is 1. The quantitative estimate of drug-likeness (QED) is 0.535. The average molecular weight is 187 g/mol. The molecule has 1 aromatic carbocycles. The fourth-order valence-corrected chi connectivity index (χ4v) is 0.924. The summed E-state index contributed by atoms with van der Waals surface area (Å²) < 4.78 is 4.97. The van der Waals surface area contributed by atoms with E-state index in [4.69, 9.17) is 10.00 Å². The van der Waals surface area contributed by atoms with Crippen LogP contribution in [0.25, 0.3) is 6.08 Å². The Labute approximate surface area is 82.2 Å². The van der Waals surface area contributed by atoms with Gasteiger partial charge in [-0.05, 0) is 23.8 Å². The fourth-order valence-electron chi connectivity index (χ4n) is 0.924. The molecule has 0 aliphatic heterocycles. The molecule has 0 bridgehead atoms. The van der Waals surface area contributed by atoms with Gasteiger partial charge < -0.3 is 4.74 Å². The van der Waals surface area contributed by atoms with E-state index in [9.17, 15) is 4.79 Å². The number of carbonyl (C=O) groups is 1. The molecule has 0 unspecified atom stereocenters. The Bertz CT molecular complexity index is 385. The second-order valence-electron chi connectivity index (χ2n) is 2.58. The molecule has 1 aromatic rings.